The molecule has 0 N–H and O–H groups in total. The second-order valence-electron chi connectivity index (χ2n) is 4.83. The van der Waals surface area contributed by atoms with E-state index in [1.165, 1.54) is 16.3 Å². The van der Waals surface area contributed by atoms with Crippen LogP contribution < -0.4 is 0 Å². The van der Waals surface area contributed by atoms with Crippen LogP contribution in [0, 0.1) is 0 Å². The number of hydrogen-bond donors (Lipinski definition) is 0. The normalized spacial score (nSPS) is 10.7. The highest BCUT2D eigenvalue weighted by molar-refractivity contribution is 7.98. The first kappa shape index (κ1) is 14.2. The lowest BCUT2D eigenvalue weighted by Gasteiger charge is -2.09. The molecule has 0 saturated carbocycles. The number of benzene rings is 3. The maximum absolute atomic E-state index is 6.38. The molecular formula is C19H15ClS. The van der Waals surface area contributed by atoms with Crippen molar-refractivity contribution in [3.05, 3.63) is 83.4 Å². The number of rotatable bonds is 4. The maximum Gasteiger partial charge on any atom is 0.0548 e. The van der Waals surface area contributed by atoms with Crippen LogP contribution in [0.4, 0.5) is 0 Å². The molecule has 0 amide bonds. The van der Waals surface area contributed by atoms with E-state index in [0.717, 1.165) is 21.2 Å². The Kier molecular flexibility index (Phi) is 4.33. The van der Waals surface area contributed by atoms with Gasteiger partial charge in [0.05, 0.1) is 5.02 Å². The smallest absolute Gasteiger partial charge is 0.0548 e. The third kappa shape index (κ3) is 3.15. The molecule has 0 bridgehead atoms. The molecule has 0 fully saturated rings. The number of halogens is 1. The summed E-state index contributed by atoms with van der Waals surface area (Å²) in [7, 11) is 0. The minimum absolute atomic E-state index is 0.821. The Balaban J connectivity index is 1.87. The Bertz CT molecular complexity index is 775. The molecule has 0 unspecified atom stereocenters. The van der Waals surface area contributed by atoms with Crippen LogP contribution in [0.2, 0.25) is 5.02 Å². The van der Waals surface area contributed by atoms with Crippen LogP contribution in [0.25, 0.3) is 16.8 Å². The molecule has 0 spiro atoms. The van der Waals surface area contributed by atoms with E-state index in [0.29, 0.717) is 0 Å². The van der Waals surface area contributed by atoms with Crippen molar-refractivity contribution in [1.29, 1.82) is 0 Å². The van der Waals surface area contributed by atoms with Gasteiger partial charge in [-0.25, -0.2) is 0 Å². The molecule has 0 aromatic heterocycles. The van der Waals surface area contributed by atoms with Crippen molar-refractivity contribution >= 4 is 40.2 Å². The van der Waals surface area contributed by atoms with Crippen LogP contribution in [0.15, 0.2) is 72.1 Å². The number of fused-ring (bicyclic) bond motifs is 1. The minimum Gasteiger partial charge on any atom is -0.119 e. The van der Waals surface area contributed by atoms with Gasteiger partial charge in [-0.2, -0.15) is 0 Å². The average Bonchev–Trinajstić information content (AvgIpc) is 2.54. The van der Waals surface area contributed by atoms with Crippen molar-refractivity contribution in [2.75, 3.05) is 0 Å². The summed E-state index contributed by atoms with van der Waals surface area (Å²) in [5, 5.41) is 3.27. The molecule has 0 aliphatic rings. The van der Waals surface area contributed by atoms with Crippen LogP contribution in [-0.2, 0) is 5.75 Å². The van der Waals surface area contributed by atoms with E-state index < -0.39 is 0 Å². The second-order valence-corrected chi connectivity index (χ2v) is 6.22. The van der Waals surface area contributed by atoms with Crippen molar-refractivity contribution in [2.24, 2.45) is 0 Å². The van der Waals surface area contributed by atoms with E-state index in [2.05, 4.69) is 61.2 Å². The fraction of sp³-hybridized carbons (Fsp3) is 0.0526. The third-order valence-electron chi connectivity index (χ3n) is 3.43. The van der Waals surface area contributed by atoms with Crippen molar-refractivity contribution in [3.8, 4) is 0 Å². The van der Waals surface area contributed by atoms with Crippen LogP contribution >= 0.6 is 23.4 Å². The molecule has 0 saturated heterocycles. The summed E-state index contributed by atoms with van der Waals surface area (Å²) in [6.45, 7) is 3.78. The van der Waals surface area contributed by atoms with Crippen molar-refractivity contribution in [2.45, 2.75) is 10.6 Å². The molecule has 0 heterocycles. The first-order valence-electron chi connectivity index (χ1n) is 6.79. The fourth-order valence-corrected chi connectivity index (χ4v) is 3.65. The van der Waals surface area contributed by atoms with Gasteiger partial charge in [-0.05, 0) is 28.0 Å². The predicted molar refractivity (Wildman–Crippen MR) is 95.1 cm³/mol. The SMILES string of the molecule is C=Cc1ccc(CSc2c(Cl)ccc3ccccc23)cc1. The van der Waals surface area contributed by atoms with Crippen molar-refractivity contribution in [3.63, 3.8) is 0 Å². The highest BCUT2D eigenvalue weighted by Crippen LogP contribution is 2.36. The zero-order valence-corrected chi connectivity index (χ0v) is 13.1. The van der Waals surface area contributed by atoms with Gasteiger partial charge in [-0.1, -0.05) is 78.9 Å². The summed E-state index contributed by atoms with van der Waals surface area (Å²) in [5.74, 6) is 0.908. The van der Waals surface area contributed by atoms with Crippen LogP contribution in [0.5, 0.6) is 0 Å². The summed E-state index contributed by atoms with van der Waals surface area (Å²) in [6.07, 6.45) is 1.86. The molecule has 0 nitrogen and oxygen atoms in total. The molecule has 0 aliphatic heterocycles. The summed E-state index contributed by atoms with van der Waals surface area (Å²) < 4.78 is 0. The Morgan fingerprint density at radius 3 is 2.48 bits per heavy atom. The van der Waals surface area contributed by atoms with E-state index in [1.807, 2.05) is 12.1 Å². The number of thioether (sulfide) groups is 1. The molecule has 0 atom stereocenters. The largest absolute Gasteiger partial charge is 0.119 e. The lowest BCUT2D eigenvalue weighted by Crippen LogP contribution is -1.84. The molecule has 3 aromatic carbocycles. The zero-order chi connectivity index (χ0) is 14.7. The Hall–Kier alpha value is -1.70. The molecule has 3 rings (SSSR count). The maximum atomic E-state index is 6.38. The Labute approximate surface area is 134 Å². The summed E-state index contributed by atoms with van der Waals surface area (Å²) in [6, 6.07) is 20.9. The van der Waals surface area contributed by atoms with Crippen LogP contribution in [0.1, 0.15) is 11.1 Å². The van der Waals surface area contributed by atoms with Crippen LogP contribution in [0.3, 0.4) is 0 Å². The molecule has 0 radical (unpaired) electrons. The van der Waals surface area contributed by atoms with Gasteiger partial charge in [0.1, 0.15) is 0 Å². The second kappa shape index (κ2) is 6.38. The van der Waals surface area contributed by atoms with E-state index in [-0.39, 0.29) is 0 Å². The first-order valence-corrected chi connectivity index (χ1v) is 8.16. The van der Waals surface area contributed by atoms with E-state index in [1.54, 1.807) is 11.8 Å². The molecule has 3 aromatic rings. The van der Waals surface area contributed by atoms with Gasteiger partial charge >= 0.3 is 0 Å². The first-order chi connectivity index (χ1) is 10.3. The molecule has 0 aliphatic carbocycles. The highest BCUT2D eigenvalue weighted by atomic mass is 35.5. The summed E-state index contributed by atoms with van der Waals surface area (Å²) in [4.78, 5) is 1.16. The predicted octanol–water partition coefficient (Wildman–Crippen LogP) is 6.43. The quantitative estimate of drug-likeness (QED) is 0.500. The van der Waals surface area contributed by atoms with Crippen LogP contribution in [-0.4, -0.2) is 0 Å². The number of hydrogen-bond acceptors (Lipinski definition) is 1. The molecule has 21 heavy (non-hydrogen) atoms. The average molecular weight is 311 g/mol. The standard InChI is InChI=1S/C19H15ClS/c1-2-14-7-9-15(10-8-14)13-21-19-17-6-4-3-5-16(17)11-12-18(19)20/h2-12H,1,13H2. The Morgan fingerprint density at radius 1 is 0.952 bits per heavy atom. The molecule has 104 valence electrons. The monoisotopic (exact) mass is 310 g/mol. The van der Waals surface area contributed by atoms with Gasteiger partial charge in [0.15, 0.2) is 0 Å². The van der Waals surface area contributed by atoms with E-state index in [4.69, 9.17) is 11.6 Å². The van der Waals surface area contributed by atoms with Gasteiger partial charge < -0.3 is 0 Å². The lowest BCUT2D eigenvalue weighted by atomic mass is 10.1. The van der Waals surface area contributed by atoms with E-state index in [9.17, 15) is 0 Å². The minimum atomic E-state index is 0.821. The molecular weight excluding hydrogens is 296 g/mol. The fourth-order valence-electron chi connectivity index (χ4n) is 2.27. The topological polar surface area (TPSA) is 0 Å². The van der Waals surface area contributed by atoms with E-state index >= 15 is 0 Å². The molecule has 2 heteroatoms. The highest BCUT2D eigenvalue weighted by Gasteiger charge is 2.07. The Morgan fingerprint density at radius 2 is 1.71 bits per heavy atom. The van der Waals surface area contributed by atoms with Gasteiger partial charge in [0, 0.05) is 10.6 Å². The van der Waals surface area contributed by atoms with Crippen molar-refractivity contribution in [1.82, 2.24) is 0 Å². The zero-order valence-electron chi connectivity index (χ0n) is 11.6. The lowest BCUT2D eigenvalue weighted by molar-refractivity contribution is 1.39. The van der Waals surface area contributed by atoms with Gasteiger partial charge in [-0.3, -0.25) is 0 Å². The van der Waals surface area contributed by atoms with Crippen molar-refractivity contribution < 1.29 is 0 Å². The van der Waals surface area contributed by atoms with Gasteiger partial charge in [0.2, 0.25) is 0 Å². The van der Waals surface area contributed by atoms with Gasteiger partial charge in [0.25, 0.3) is 0 Å². The third-order valence-corrected chi connectivity index (χ3v) is 5.06. The summed E-state index contributed by atoms with van der Waals surface area (Å²) in [5.41, 5.74) is 2.43. The van der Waals surface area contributed by atoms with Gasteiger partial charge in [-0.15, -0.1) is 11.8 Å². The summed E-state index contributed by atoms with van der Waals surface area (Å²) >= 11 is 8.17.